The lowest BCUT2D eigenvalue weighted by Gasteiger charge is -2.28. The highest BCUT2D eigenvalue weighted by Crippen LogP contribution is 2.23. The van der Waals surface area contributed by atoms with Crippen LogP contribution in [0, 0.1) is 0 Å². The second-order valence-electron chi connectivity index (χ2n) is 6.59. The van der Waals surface area contributed by atoms with Gasteiger partial charge >= 0.3 is 0 Å². The number of ether oxygens (including phenoxy) is 1. The van der Waals surface area contributed by atoms with E-state index in [0.717, 1.165) is 30.5 Å². The Morgan fingerprint density at radius 2 is 2.04 bits per heavy atom. The molecule has 0 saturated heterocycles. The number of aromatic nitrogens is 3. The highest BCUT2D eigenvalue weighted by Gasteiger charge is 2.24. The zero-order valence-electron chi connectivity index (χ0n) is 14.0. The minimum absolute atomic E-state index is 0.0530. The van der Waals surface area contributed by atoms with Gasteiger partial charge in [0.15, 0.2) is 0 Å². The van der Waals surface area contributed by atoms with E-state index >= 15 is 0 Å². The van der Waals surface area contributed by atoms with E-state index in [0.29, 0.717) is 24.5 Å². The highest BCUT2D eigenvalue weighted by molar-refractivity contribution is 5.94. The third kappa shape index (κ3) is 3.40. The van der Waals surface area contributed by atoms with Gasteiger partial charge in [0.05, 0.1) is 17.8 Å². The van der Waals surface area contributed by atoms with Gasteiger partial charge in [-0.1, -0.05) is 0 Å². The second kappa shape index (κ2) is 6.66. The predicted molar refractivity (Wildman–Crippen MR) is 92.0 cm³/mol. The van der Waals surface area contributed by atoms with Crippen LogP contribution in [-0.2, 0) is 13.0 Å². The minimum atomic E-state index is -0.0530. The van der Waals surface area contributed by atoms with Gasteiger partial charge in [0.2, 0.25) is 11.8 Å². The van der Waals surface area contributed by atoms with E-state index in [4.69, 9.17) is 10.5 Å². The van der Waals surface area contributed by atoms with Crippen LogP contribution in [0.1, 0.15) is 47.3 Å². The molecule has 0 spiro atoms. The third-order valence-corrected chi connectivity index (χ3v) is 4.82. The molecule has 1 fully saturated rings. The minimum Gasteiger partial charge on any atom is -0.474 e. The van der Waals surface area contributed by atoms with Crippen LogP contribution in [0.3, 0.4) is 0 Å². The number of hydrogen-bond donors (Lipinski definition) is 1. The summed E-state index contributed by atoms with van der Waals surface area (Å²) in [5, 5.41) is 0. The van der Waals surface area contributed by atoms with Gasteiger partial charge in [0.1, 0.15) is 6.10 Å². The molecule has 2 N–H and O–H groups in total. The summed E-state index contributed by atoms with van der Waals surface area (Å²) in [6.07, 6.45) is 8.93. The van der Waals surface area contributed by atoms with Crippen LogP contribution in [-0.4, -0.2) is 38.4 Å². The molecule has 0 unspecified atom stereocenters. The molecule has 0 radical (unpaired) electrons. The van der Waals surface area contributed by atoms with Crippen LogP contribution in [0.2, 0.25) is 0 Å². The standard InChI is InChI=1S/C18H21N5O2/c19-18-21-9-12-7-8-23(11-15(12)22-18)17(24)13-5-6-16(20-10-13)25-14-3-1-2-4-14/h5-6,9-10,14H,1-4,7-8,11H2,(H2,19,21,22). The van der Waals surface area contributed by atoms with Crippen molar-refractivity contribution in [1.29, 1.82) is 0 Å². The molecule has 3 heterocycles. The number of nitrogens with two attached hydrogens (primary N) is 1. The number of nitrogen functional groups attached to an aromatic ring is 1. The van der Waals surface area contributed by atoms with E-state index in [1.807, 2.05) is 0 Å². The number of hydrogen-bond acceptors (Lipinski definition) is 6. The summed E-state index contributed by atoms with van der Waals surface area (Å²) in [4.78, 5) is 27.0. The van der Waals surface area contributed by atoms with Gasteiger partial charge in [-0.15, -0.1) is 0 Å². The van der Waals surface area contributed by atoms with Crippen molar-refractivity contribution in [1.82, 2.24) is 19.9 Å². The zero-order chi connectivity index (χ0) is 17.2. The topological polar surface area (TPSA) is 94.2 Å². The van der Waals surface area contributed by atoms with Gasteiger partial charge < -0.3 is 15.4 Å². The summed E-state index contributed by atoms with van der Waals surface area (Å²) in [5.41, 5.74) is 8.08. The van der Waals surface area contributed by atoms with Gasteiger partial charge in [-0.3, -0.25) is 4.79 Å². The molecule has 2 aliphatic rings. The Morgan fingerprint density at radius 3 is 2.80 bits per heavy atom. The number of anilines is 1. The Balaban J connectivity index is 1.44. The molecule has 2 aromatic heterocycles. The molecule has 0 bridgehead atoms. The fraction of sp³-hybridized carbons (Fsp3) is 0.444. The Hall–Kier alpha value is -2.70. The Kier molecular flexibility index (Phi) is 4.21. The Bertz CT molecular complexity index is 772. The molecular weight excluding hydrogens is 318 g/mol. The van der Waals surface area contributed by atoms with E-state index in [9.17, 15) is 4.79 Å². The van der Waals surface area contributed by atoms with Crippen molar-refractivity contribution < 1.29 is 9.53 Å². The maximum absolute atomic E-state index is 12.7. The van der Waals surface area contributed by atoms with Crippen molar-refractivity contribution in [3.63, 3.8) is 0 Å². The average molecular weight is 339 g/mol. The van der Waals surface area contributed by atoms with E-state index in [1.165, 1.54) is 12.8 Å². The maximum atomic E-state index is 12.7. The molecule has 1 aliphatic heterocycles. The first-order valence-electron chi connectivity index (χ1n) is 8.71. The number of carbonyl (C=O) groups is 1. The Morgan fingerprint density at radius 1 is 1.20 bits per heavy atom. The fourth-order valence-electron chi connectivity index (χ4n) is 3.43. The summed E-state index contributed by atoms with van der Waals surface area (Å²) in [6.45, 7) is 1.08. The molecule has 0 aromatic carbocycles. The number of pyridine rings is 1. The van der Waals surface area contributed by atoms with Crippen molar-refractivity contribution in [2.75, 3.05) is 12.3 Å². The molecule has 1 amide bonds. The van der Waals surface area contributed by atoms with E-state index in [-0.39, 0.29) is 18.0 Å². The number of rotatable bonds is 3. The first kappa shape index (κ1) is 15.8. The van der Waals surface area contributed by atoms with Crippen molar-refractivity contribution in [3.8, 4) is 5.88 Å². The highest BCUT2D eigenvalue weighted by atomic mass is 16.5. The quantitative estimate of drug-likeness (QED) is 0.919. The van der Waals surface area contributed by atoms with E-state index in [1.54, 1.807) is 29.4 Å². The van der Waals surface area contributed by atoms with Crippen molar-refractivity contribution in [3.05, 3.63) is 41.3 Å². The zero-order valence-corrected chi connectivity index (χ0v) is 14.0. The smallest absolute Gasteiger partial charge is 0.255 e. The molecule has 130 valence electrons. The lowest BCUT2D eigenvalue weighted by Crippen LogP contribution is -2.36. The number of amides is 1. The molecule has 7 nitrogen and oxygen atoms in total. The Labute approximate surface area is 146 Å². The lowest BCUT2D eigenvalue weighted by molar-refractivity contribution is 0.0731. The summed E-state index contributed by atoms with van der Waals surface area (Å²) in [5.74, 6) is 0.777. The predicted octanol–water partition coefficient (Wildman–Crippen LogP) is 1.97. The average Bonchev–Trinajstić information content (AvgIpc) is 3.14. The molecule has 7 heteroatoms. The van der Waals surface area contributed by atoms with Crippen LogP contribution >= 0.6 is 0 Å². The van der Waals surface area contributed by atoms with Gasteiger partial charge in [-0.25, -0.2) is 15.0 Å². The van der Waals surface area contributed by atoms with E-state index < -0.39 is 0 Å². The molecule has 0 atom stereocenters. The fourth-order valence-corrected chi connectivity index (χ4v) is 3.43. The monoisotopic (exact) mass is 339 g/mol. The largest absolute Gasteiger partial charge is 0.474 e. The number of fused-ring (bicyclic) bond motifs is 1. The molecule has 2 aromatic rings. The summed E-state index contributed by atoms with van der Waals surface area (Å²) in [7, 11) is 0. The first-order chi connectivity index (χ1) is 12.2. The van der Waals surface area contributed by atoms with Crippen molar-refractivity contribution >= 4 is 11.9 Å². The number of nitrogens with zero attached hydrogens (tertiary/aromatic N) is 4. The van der Waals surface area contributed by atoms with Crippen LogP contribution in [0.4, 0.5) is 5.95 Å². The number of carbonyl (C=O) groups excluding carboxylic acids is 1. The van der Waals surface area contributed by atoms with Crippen molar-refractivity contribution in [2.24, 2.45) is 0 Å². The van der Waals surface area contributed by atoms with Crippen LogP contribution in [0.5, 0.6) is 5.88 Å². The normalized spacial score (nSPS) is 17.4. The molecule has 25 heavy (non-hydrogen) atoms. The van der Waals surface area contributed by atoms with E-state index in [2.05, 4.69) is 15.0 Å². The van der Waals surface area contributed by atoms with Crippen molar-refractivity contribution in [2.45, 2.75) is 44.8 Å². The van der Waals surface area contributed by atoms with Crippen LogP contribution in [0.25, 0.3) is 0 Å². The molecular formula is C18H21N5O2. The van der Waals surface area contributed by atoms with Crippen LogP contribution in [0.15, 0.2) is 24.5 Å². The molecule has 1 aliphatic carbocycles. The maximum Gasteiger partial charge on any atom is 0.255 e. The summed E-state index contributed by atoms with van der Waals surface area (Å²) >= 11 is 0. The van der Waals surface area contributed by atoms with Gasteiger partial charge in [0.25, 0.3) is 5.91 Å². The van der Waals surface area contributed by atoms with Gasteiger partial charge in [-0.05, 0) is 43.7 Å². The summed E-state index contributed by atoms with van der Waals surface area (Å²) < 4.78 is 5.85. The first-order valence-corrected chi connectivity index (χ1v) is 8.71. The molecule has 1 saturated carbocycles. The SMILES string of the molecule is Nc1ncc2c(n1)CN(C(=O)c1ccc(OC3CCCC3)nc1)CC2. The van der Waals surface area contributed by atoms with Gasteiger partial charge in [-0.2, -0.15) is 0 Å². The second-order valence-corrected chi connectivity index (χ2v) is 6.59. The summed E-state index contributed by atoms with van der Waals surface area (Å²) in [6, 6.07) is 3.56. The molecule has 4 rings (SSSR count). The third-order valence-electron chi connectivity index (χ3n) is 4.82. The lowest BCUT2D eigenvalue weighted by atomic mass is 10.1. The van der Waals surface area contributed by atoms with Crippen LogP contribution < -0.4 is 10.5 Å². The van der Waals surface area contributed by atoms with Gasteiger partial charge in [0, 0.05) is 25.0 Å².